The maximum absolute atomic E-state index is 14.3. The van der Waals surface area contributed by atoms with Crippen LogP contribution in [0.25, 0.3) is 0 Å². The Balaban J connectivity index is 1.67. The van der Waals surface area contributed by atoms with Crippen LogP contribution in [0.5, 0.6) is 5.75 Å². The van der Waals surface area contributed by atoms with E-state index < -0.39 is 49.8 Å². The second-order valence-electron chi connectivity index (χ2n) is 11.8. The van der Waals surface area contributed by atoms with Crippen molar-refractivity contribution in [1.29, 1.82) is 0 Å². The molecule has 4 atom stereocenters. The summed E-state index contributed by atoms with van der Waals surface area (Å²) >= 11 is 1.06. The molecule has 0 radical (unpaired) electrons. The normalized spacial score (nSPS) is 21.0. The highest BCUT2D eigenvalue weighted by Gasteiger charge is 2.32. The van der Waals surface area contributed by atoms with Gasteiger partial charge in [-0.05, 0) is 87.0 Å². The molecule has 0 bridgehead atoms. The lowest BCUT2D eigenvalue weighted by atomic mass is 10.0. The number of sulfonamides is 2. The van der Waals surface area contributed by atoms with Crippen molar-refractivity contribution in [3.63, 3.8) is 0 Å². The fraction of sp³-hybridized carbons (Fsp3) is 0.469. The van der Waals surface area contributed by atoms with E-state index in [-0.39, 0.29) is 51.9 Å². The molecule has 1 aliphatic rings. The molecule has 0 fully saturated rings. The lowest BCUT2D eigenvalue weighted by Gasteiger charge is -2.35. The van der Waals surface area contributed by atoms with Gasteiger partial charge in [0, 0.05) is 38.3 Å². The van der Waals surface area contributed by atoms with E-state index >= 15 is 0 Å². The minimum absolute atomic E-state index is 0.0405. The van der Waals surface area contributed by atoms with E-state index in [1.165, 1.54) is 42.3 Å². The quantitative estimate of drug-likeness (QED) is 0.322. The first-order chi connectivity index (χ1) is 22.2. The number of thiophene rings is 1. The number of hydrogen-bond acceptors (Lipinski definition) is 9. The number of fused-ring (bicyclic) bond motifs is 1. The average molecular weight is 712 g/mol. The number of nitrogens with one attached hydrogen (secondary N) is 1. The summed E-state index contributed by atoms with van der Waals surface area (Å²) in [7, 11) is -6.45. The number of amides is 1. The smallest absolute Gasteiger partial charge is 0.271 e. The molecule has 2 N–H and O–H groups in total. The number of hydrogen-bond donors (Lipinski definition) is 2. The van der Waals surface area contributed by atoms with Gasteiger partial charge in [-0.15, -0.1) is 11.3 Å². The van der Waals surface area contributed by atoms with E-state index in [0.29, 0.717) is 19.4 Å². The van der Waals surface area contributed by atoms with E-state index in [0.717, 1.165) is 34.2 Å². The molecular weight excluding hydrogens is 670 g/mol. The van der Waals surface area contributed by atoms with Gasteiger partial charge in [-0.2, -0.15) is 4.31 Å². The van der Waals surface area contributed by atoms with Gasteiger partial charge >= 0.3 is 0 Å². The van der Waals surface area contributed by atoms with Gasteiger partial charge in [0.2, 0.25) is 10.0 Å². The van der Waals surface area contributed by atoms with Crippen LogP contribution in [0, 0.1) is 11.7 Å². The molecule has 1 amide bonds. The molecule has 15 heteroatoms. The molecule has 4 rings (SSSR count). The van der Waals surface area contributed by atoms with Crippen molar-refractivity contribution in [1.82, 2.24) is 9.21 Å². The number of aliphatic hydroxyl groups is 1. The Hall–Kier alpha value is -3.08. The minimum atomic E-state index is -3.97. The molecule has 11 nitrogen and oxygen atoms in total. The molecule has 3 aromatic rings. The largest absolute Gasteiger partial charge is 0.490 e. The summed E-state index contributed by atoms with van der Waals surface area (Å²) in [4.78, 5) is 15.7. The molecule has 1 aromatic heterocycles. The molecule has 0 aliphatic carbocycles. The highest BCUT2D eigenvalue weighted by molar-refractivity contribution is 7.94. The van der Waals surface area contributed by atoms with E-state index in [9.17, 15) is 31.1 Å². The summed E-state index contributed by atoms with van der Waals surface area (Å²) in [5, 5.41) is 11.8. The van der Waals surface area contributed by atoms with Crippen LogP contribution < -0.4 is 9.46 Å². The molecule has 0 spiro atoms. The summed E-state index contributed by atoms with van der Waals surface area (Å²) in [6, 6.07) is 11.6. The van der Waals surface area contributed by atoms with Crippen molar-refractivity contribution in [3.05, 3.63) is 71.4 Å². The summed E-state index contributed by atoms with van der Waals surface area (Å²) in [6.07, 6.45) is 1.12. The number of anilines is 1. The number of nitrogens with zero attached hydrogens (tertiary/aromatic N) is 2. The van der Waals surface area contributed by atoms with Crippen molar-refractivity contribution in [2.75, 3.05) is 38.1 Å². The maximum Gasteiger partial charge on any atom is 0.271 e. The Morgan fingerprint density at radius 3 is 2.49 bits per heavy atom. The van der Waals surface area contributed by atoms with Crippen molar-refractivity contribution < 1.29 is 40.6 Å². The zero-order valence-electron chi connectivity index (χ0n) is 26.8. The second kappa shape index (κ2) is 15.9. The van der Waals surface area contributed by atoms with Crippen LogP contribution in [0.2, 0.25) is 0 Å². The number of halogens is 1. The van der Waals surface area contributed by atoms with Crippen LogP contribution in [0.1, 0.15) is 50.4 Å². The molecule has 0 unspecified atom stereocenters. The van der Waals surface area contributed by atoms with Crippen LogP contribution in [0.15, 0.2) is 69.1 Å². The standard InChI is InChI=1S/C32H42FN3O8S3/c1-22-19-36(23(2)21-37)32(38)28-18-26(34-46(39,40)31-9-7-17-45-31)12-15-29(28)44-24(3)8-5-6-16-43-30(22)20-35(4)47(41,42)27-13-10-25(33)11-14-27/h7,9-15,17-18,22-24,30,34,37H,5-6,8,16,19-21H2,1-4H3/t22-,23+,24-,30+/m0/s1. The fourth-order valence-corrected chi connectivity index (χ4v) is 8.43. The maximum atomic E-state index is 14.3. The van der Waals surface area contributed by atoms with Crippen molar-refractivity contribution in [2.24, 2.45) is 5.92 Å². The molecule has 0 saturated heterocycles. The van der Waals surface area contributed by atoms with E-state index in [1.807, 2.05) is 13.8 Å². The third kappa shape index (κ3) is 9.30. The average Bonchev–Trinajstić information content (AvgIpc) is 3.59. The number of aliphatic hydroxyl groups excluding tert-OH is 1. The predicted molar refractivity (Wildman–Crippen MR) is 178 cm³/mol. The Morgan fingerprint density at radius 2 is 1.83 bits per heavy atom. The number of ether oxygens (including phenoxy) is 2. The van der Waals surface area contributed by atoms with Crippen LogP contribution in [-0.2, 0) is 24.8 Å². The molecule has 258 valence electrons. The van der Waals surface area contributed by atoms with Crippen molar-refractivity contribution >= 4 is 43.0 Å². The van der Waals surface area contributed by atoms with Crippen LogP contribution in [0.3, 0.4) is 0 Å². The third-order valence-electron chi connectivity index (χ3n) is 8.02. The Bertz CT molecular complexity index is 1700. The van der Waals surface area contributed by atoms with Gasteiger partial charge in [0.05, 0.1) is 35.3 Å². The lowest BCUT2D eigenvalue weighted by Crippen LogP contribution is -2.48. The SMILES string of the molecule is C[C@H](CO)N1C[C@H](C)[C@@H](CN(C)S(=O)(=O)c2ccc(F)cc2)OCCCC[C@H](C)Oc2ccc(NS(=O)(=O)c3cccs3)cc2C1=O. The Labute approximate surface area is 280 Å². The topological polar surface area (TPSA) is 143 Å². The van der Waals surface area contributed by atoms with Gasteiger partial charge in [0.25, 0.3) is 15.9 Å². The first kappa shape index (κ1) is 36.8. The highest BCUT2D eigenvalue weighted by Crippen LogP contribution is 2.30. The van der Waals surface area contributed by atoms with Crippen LogP contribution >= 0.6 is 11.3 Å². The summed E-state index contributed by atoms with van der Waals surface area (Å²) in [5.41, 5.74) is 0.280. The van der Waals surface area contributed by atoms with Gasteiger partial charge in [-0.25, -0.2) is 21.2 Å². The van der Waals surface area contributed by atoms with Gasteiger partial charge in [-0.1, -0.05) is 13.0 Å². The second-order valence-corrected chi connectivity index (χ2v) is 16.7. The van der Waals surface area contributed by atoms with E-state index in [4.69, 9.17) is 9.47 Å². The van der Waals surface area contributed by atoms with Crippen molar-refractivity contribution in [3.8, 4) is 5.75 Å². The van der Waals surface area contributed by atoms with Gasteiger partial charge in [0.15, 0.2) is 0 Å². The first-order valence-corrected chi connectivity index (χ1v) is 19.2. The summed E-state index contributed by atoms with van der Waals surface area (Å²) < 4.78 is 82.3. The summed E-state index contributed by atoms with van der Waals surface area (Å²) in [6.45, 7) is 5.42. The monoisotopic (exact) mass is 711 g/mol. The first-order valence-electron chi connectivity index (χ1n) is 15.3. The van der Waals surface area contributed by atoms with Gasteiger partial charge in [-0.3, -0.25) is 9.52 Å². The molecule has 2 aromatic carbocycles. The van der Waals surface area contributed by atoms with Crippen molar-refractivity contribution in [2.45, 2.75) is 67.4 Å². The van der Waals surface area contributed by atoms with Gasteiger partial charge < -0.3 is 19.5 Å². The number of rotatable bonds is 9. The number of carbonyl (C=O) groups excluding carboxylic acids is 1. The Morgan fingerprint density at radius 1 is 1.11 bits per heavy atom. The number of likely N-dealkylation sites (N-methyl/N-ethyl adjacent to an activating group) is 1. The minimum Gasteiger partial charge on any atom is -0.490 e. The predicted octanol–water partition coefficient (Wildman–Crippen LogP) is 4.80. The molecule has 2 heterocycles. The summed E-state index contributed by atoms with van der Waals surface area (Å²) in [5.74, 6) is -1.18. The fourth-order valence-electron chi connectivity index (χ4n) is 5.21. The molecule has 0 saturated carbocycles. The van der Waals surface area contributed by atoms with E-state index in [1.54, 1.807) is 24.4 Å². The third-order valence-corrected chi connectivity index (χ3v) is 12.6. The van der Waals surface area contributed by atoms with Crippen LogP contribution in [0.4, 0.5) is 10.1 Å². The highest BCUT2D eigenvalue weighted by atomic mass is 32.2. The van der Waals surface area contributed by atoms with E-state index in [2.05, 4.69) is 4.72 Å². The zero-order chi connectivity index (χ0) is 34.4. The number of carbonyl (C=O) groups is 1. The zero-order valence-corrected chi connectivity index (χ0v) is 29.3. The van der Waals surface area contributed by atoms with Gasteiger partial charge in [0.1, 0.15) is 15.8 Å². The number of benzene rings is 2. The molecule has 1 aliphatic heterocycles. The lowest BCUT2D eigenvalue weighted by molar-refractivity contribution is -0.00833. The molecule has 47 heavy (non-hydrogen) atoms. The van der Waals surface area contributed by atoms with Crippen LogP contribution in [-0.4, -0.2) is 88.7 Å². The Kier molecular flexibility index (Phi) is 12.4. The molecular formula is C32H42FN3O8S3.